The number of fused-ring (bicyclic) bond motifs is 1. The van der Waals surface area contributed by atoms with Crippen LogP contribution in [0.25, 0.3) is 5.69 Å². The Bertz CT molecular complexity index is 972. The molecule has 1 aromatic carbocycles. The first-order valence-electron chi connectivity index (χ1n) is 13.0. The lowest BCUT2D eigenvalue weighted by Gasteiger charge is -2.44. The second-order valence-corrected chi connectivity index (χ2v) is 11.0. The Labute approximate surface area is 206 Å². The average Bonchev–Trinajstić information content (AvgIpc) is 3.31. The van der Waals surface area contributed by atoms with Crippen LogP contribution < -0.4 is 0 Å². The van der Waals surface area contributed by atoms with Gasteiger partial charge in [0.05, 0.1) is 11.8 Å². The number of hydrogen-bond donors (Lipinski definition) is 0. The Kier molecular flexibility index (Phi) is 7.54. The van der Waals surface area contributed by atoms with Gasteiger partial charge in [0, 0.05) is 18.3 Å². The summed E-state index contributed by atoms with van der Waals surface area (Å²) < 4.78 is 15.7. The number of carbonyl (C=O) groups excluding carboxylic acids is 1. The van der Waals surface area contributed by atoms with Gasteiger partial charge in [-0.15, -0.1) is 10.2 Å². The molecule has 1 aliphatic carbocycles. The summed E-state index contributed by atoms with van der Waals surface area (Å²) in [7, 11) is 0. The summed E-state index contributed by atoms with van der Waals surface area (Å²) in [6, 6.07) is 7.01. The summed E-state index contributed by atoms with van der Waals surface area (Å²) in [6.07, 6.45) is 11.0. The van der Waals surface area contributed by atoms with Gasteiger partial charge in [0.1, 0.15) is 5.82 Å². The topological polar surface area (TPSA) is 54.3 Å². The second-order valence-electron chi connectivity index (χ2n) is 10.1. The van der Waals surface area contributed by atoms with E-state index >= 15 is 0 Å². The average molecular weight is 486 g/mol. The highest BCUT2D eigenvalue weighted by Crippen LogP contribution is 2.36. The highest BCUT2D eigenvalue weighted by Gasteiger charge is 2.35. The number of halogens is 1. The standard InChI is InChI=1S/C26H36FN5OS/c1-19(30-15-5-2-6-16-30)25-28-29-26(32(25)22-13-11-21(27)12-14-22)34-18-24(33)31-17-7-9-20-8-3-4-10-23(20)31/h11-14,19-20,23H,2-10,15-18H2,1H3/t19-,20+,23-/m1/s1. The Hall–Kier alpha value is -1.93. The van der Waals surface area contributed by atoms with Crippen LogP contribution in [0.1, 0.15) is 76.6 Å². The van der Waals surface area contributed by atoms with E-state index < -0.39 is 0 Å². The molecule has 3 atom stereocenters. The SMILES string of the molecule is C[C@H](c1nnc(SCC(=O)N2CCC[C@@H]3CCCC[C@H]32)n1-c1ccc(F)cc1)N1CCCCC1. The molecule has 6 nitrogen and oxygen atoms in total. The van der Waals surface area contributed by atoms with Gasteiger partial charge in [0.25, 0.3) is 0 Å². The molecule has 0 N–H and O–H groups in total. The molecule has 2 saturated heterocycles. The van der Waals surface area contributed by atoms with E-state index in [0.717, 1.165) is 44.0 Å². The van der Waals surface area contributed by atoms with Gasteiger partial charge >= 0.3 is 0 Å². The third-order valence-electron chi connectivity index (χ3n) is 7.94. The number of likely N-dealkylation sites (tertiary alicyclic amines) is 2. The maximum Gasteiger partial charge on any atom is 0.233 e. The highest BCUT2D eigenvalue weighted by atomic mass is 32.2. The Morgan fingerprint density at radius 1 is 1.00 bits per heavy atom. The van der Waals surface area contributed by atoms with Crippen molar-refractivity contribution in [2.45, 2.75) is 82.0 Å². The van der Waals surface area contributed by atoms with Crippen molar-refractivity contribution >= 4 is 17.7 Å². The van der Waals surface area contributed by atoms with Crippen LogP contribution in [0.3, 0.4) is 0 Å². The zero-order valence-corrected chi connectivity index (χ0v) is 21.0. The molecule has 8 heteroatoms. The van der Waals surface area contributed by atoms with E-state index in [1.54, 1.807) is 12.1 Å². The van der Waals surface area contributed by atoms with Crippen LogP contribution in [-0.4, -0.2) is 61.9 Å². The fraction of sp³-hybridized carbons (Fsp3) is 0.654. The minimum Gasteiger partial charge on any atom is -0.339 e. The number of rotatable bonds is 6. The van der Waals surface area contributed by atoms with Gasteiger partial charge in [0.15, 0.2) is 11.0 Å². The van der Waals surface area contributed by atoms with Gasteiger partial charge in [-0.25, -0.2) is 4.39 Å². The van der Waals surface area contributed by atoms with Gasteiger partial charge in [0.2, 0.25) is 5.91 Å². The number of benzene rings is 1. The van der Waals surface area contributed by atoms with Crippen molar-refractivity contribution in [2.24, 2.45) is 5.92 Å². The molecule has 184 valence electrons. The van der Waals surface area contributed by atoms with E-state index in [1.807, 2.05) is 4.57 Å². The Morgan fingerprint density at radius 2 is 1.74 bits per heavy atom. The van der Waals surface area contributed by atoms with Crippen molar-refractivity contribution < 1.29 is 9.18 Å². The molecule has 0 radical (unpaired) electrons. The molecule has 1 amide bonds. The van der Waals surface area contributed by atoms with Crippen molar-refractivity contribution in [3.05, 3.63) is 35.9 Å². The fourth-order valence-corrected chi connectivity index (χ4v) is 6.94. The third-order valence-corrected chi connectivity index (χ3v) is 8.86. The molecule has 0 unspecified atom stereocenters. The number of amides is 1. The highest BCUT2D eigenvalue weighted by molar-refractivity contribution is 7.99. The van der Waals surface area contributed by atoms with Gasteiger partial charge in [-0.2, -0.15) is 0 Å². The Balaban J connectivity index is 1.36. The maximum atomic E-state index is 13.7. The zero-order valence-electron chi connectivity index (χ0n) is 20.2. The largest absolute Gasteiger partial charge is 0.339 e. The van der Waals surface area contributed by atoms with Crippen molar-refractivity contribution in [3.63, 3.8) is 0 Å². The molecular weight excluding hydrogens is 449 g/mol. The predicted molar refractivity (Wildman–Crippen MR) is 133 cm³/mol. The summed E-state index contributed by atoms with van der Waals surface area (Å²) in [6.45, 7) is 5.15. The van der Waals surface area contributed by atoms with Crippen LogP contribution in [0.15, 0.2) is 29.4 Å². The minimum atomic E-state index is -0.265. The van der Waals surface area contributed by atoms with E-state index in [2.05, 4.69) is 26.9 Å². The van der Waals surface area contributed by atoms with Crippen LogP contribution >= 0.6 is 11.8 Å². The number of piperidine rings is 2. The first-order chi connectivity index (χ1) is 16.6. The third kappa shape index (κ3) is 5.03. The first kappa shape index (κ1) is 23.8. The second kappa shape index (κ2) is 10.8. The number of nitrogens with zero attached hydrogens (tertiary/aromatic N) is 5. The van der Waals surface area contributed by atoms with E-state index in [4.69, 9.17) is 0 Å². The molecule has 3 fully saturated rings. The van der Waals surface area contributed by atoms with E-state index in [-0.39, 0.29) is 17.8 Å². The number of carbonyl (C=O) groups is 1. The van der Waals surface area contributed by atoms with Crippen molar-refractivity contribution in [3.8, 4) is 5.69 Å². The monoisotopic (exact) mass is 485 g/mol. The number of hydrogen-bond acceptors (Lipinski definition) is 5. The van der Waals surface area contributed by atoms with Crippen LogP contribution in [0.5, 0.6) is 0 Å². The van der Waals surface area contributed by atoms with Gasteiger partial charge in [-0.1, -0.05) is 31.0 Å². The van der Waals surface area contributed by atoms with Gasteiger partial charge in [-0.3, -0.25) is 14.3 Å². The molecule has 1 saturated carbocycles. The van der Waals surface area contributed by atoms with Crippen molar-refractivity contribution in [2.75, 3.05) is 25.4 Å². The fourth-order valence-electron chi connectivity index (χ4n) is 6.09. The molecule has 0 spiro atoms. The van der Waals surface area contributed by atoms with Crippen molar-refractivity contribution in [1.82, 2.24) is 24.6 Å². The van der Waals surface area contributed by atoms with Crippen molar-refractivity contribution in [1.29, 1.82) is 0 Å². The number of aromatic nitrogens is 3. The smallest absolute Gasteiger partial charge is 0.233 e. The lowest BCUT2D eigenvalue weighted by Crippen LogP contribution is -2.50. The van der Waals surface area contributed by atoms with Gasteiger partial charge < -0.3 is 4.90 Å². The zero-order chi connectivity index (χ0) is 23.5. The summed E-state index contributed by atoms with van der Waals surface area (Å²) in [4.78, 5) is 17.9. The van der Waals surface area contributed by atoms with Crippen LogP contribution in [0.2, 0.25) is 0 Å². The molecule has 0 bridgehead atoms. The predicted octanol–water partition coefficient (Wildman–Crippen LogP) is 5.23. The molecular formula is C26H36FN5OS. The van der Waals surface area contributed by atoms with Crippen LogP contribution in [0, 0.1) is 11.7 Å². The maximum absolute atomic E-state index is 13.7. The van der Waals surface area contributed by atoms with Crippen LogP contribution in [0.4, 0.5) is 4.39 Å². The Morgan fingerprint density at radius 3 is 2.53 bits per heavy atom. The molecule has 3 aliphatic rings. The normalized spacial score (nSPS) is 24.6. The molecule has 2 aromatic rings. The van der Waals surface area contributed by atoms with Gasteiger partial charge in [-0.05, 0) is 88.7 Å². The van der Waals surface area contributed by atoms with E-state index in [1.165, 1.54) is 68.8 Å². The summed E-state index contributed by atoms with van der Waals surface area (Å²) >= 11 is 1.46. The quantitative estimate of drug-likeness (QED) is 0.525. The van der Waals surface area contributed by atoms with E-state index in [0.29, 0.717) is 22.9 Å². The molecule has 1 aromatic heterocycles. The lowest BCUT2D eigenvalue weighted by atomic mass is 9.78. The molecule has 3 heterocycles. The number of thioether (sulfide) groups is 1. The lowest BCUT2D eigenvalue weighted by molar-refractivity contribution is -0.134. The summed E-state index contributed by atoms with van der Waals surface area (Å²) in [5.74, 6) is 1.84. The minimum absolute atomic E-state index is 0.105. The van der Waals surface area contributed by atoms with Crippen LogP contribution in [-0.2, 0) is 4.79 Å². The molecule has 34 heavy (non-hydrogen) atoms. The molecule has 5 rings (SSSR count). The first-order valence-corrected chi connectivity index (χ1v) is 14.0. The summed E-state index contributed by atoms with van der Waals surface area (Å²) in [5, 5.41) is 9.80. The summed E-state index contributed by atoms with van der Waals surface area (Å²) in [5.41, 5.74) is 0.838. The van der Waals surface area contributed by atoms with E-state index in [9.17, 15) is 9.18 Å². The molecule has 2 aliphatic heterocycles.